The molecule has 0 unspecified atom stereocenters. The van der Waals surface area contributed by atoms with E-state index in [1.54, 1.807) is 13.4 Å². The summed E-state index contributed by atoms with van der Waals surface area (Å²) in [5.74, 6) is 0.141. The molecule has 21 heavy (non-hydrogen) atoms. The molecule has 3 aromatic rings. The number of nitrogens with zero attached hydrogens (tertiary/aromatic N) is 4. The number of methoxy groups -OCH3 is 1. The zero-order valence-corrected chi connectivity index (χ0v) is 12.2. The molecule has 108 valence electrons. The Hall–Kier alpha value is -2.18. The minimum atomic E-state index is 0.141. The molecule has 0 saturated carbocycles. The van der Waals surface area contributed by atoms with E-state index < -0.39 is 0 Å². The molecule has 2 heterocycles. The number of aromatic nitrogens is 4. The lowest BCUT2D eigenvalue weighted by atomic mass is 10.1. The maximum Gasteiger partial charge on any atom is 0.223 e. The van der Waals surface area contributed by atoms with Crippen LogP contribution in [0.2, 0.25) is 5.15 Å². The van der Waals surface area contributed by atoms with Gasteiger partial charge in [-0.3, -0.25) is 0 Å². The fourth-order valence-corrected chi connectivity index (χ4v) is 2.44. The topological polar surface area (TPSA) is 78.8 Å². The number of nitrogens with two attached hydrogens (primary N) is 1. The van der Waals surface area contributed by atoms with Crippen molar-refractivity contribution in [1.82, 2.24) is 19.5 Å². The summed E-state index contributed by atoms with van der Waals surface area (Å²) in [7, 11) is 1.68. The number of halogens is 1. The van der Waals surface area contributed by atoms with E-state index in [1.165, 1.54) is 0 Å². The minimum Gasteiger partial charge on any atom is -0.380 e. The Balaban J connectivity index is 1.96. The third-order valence-corrected chi connectivity index (χ3v) is 3.36. The number of nitrogen functional groups attached to an aromatic ring is 1. The van der Waals surface area contributed by atoms with Crippen molar-refractivity contribution < 1.29 is 4.74 Å². The van der Waals surface area contributed by atoms with E-state index >= 15 is 0 Å². The highest BCUT2D eigenvalue weighted by Crippen LogP contribution is 2.20. The molecule has 2 N–H and O–H groups in total. The largest absolute Gasteiger partial charge is 0.380 e. The first-order valence-corrected chi connectivity index (χ1v) is 6.76. The van der Waals surface area contributed by atoms with Crippen molar-refractivity contribution >= 4 is 28.7 Å². The van der Waals surface area contributed by atoms with Gasteiger partial charge in [-0.05, 0) is 11.1 Å². The highest BCUT2D eigenvalue weighted by molar-refractivity contribution is 6.33. The minimum absolute atomic E-state index is 0.141. The summed E-state index contributed by atoms with van der Waals surface area (Å²) in [6.45, 7) is 1.21. The molecular weight excluding hydrogens is 290 g/mol. The maximum atomic E-state index is 6.02. The van der Waals surface area contributed by atoms with Gasteiger partial charge in [0.1, 0.15) is 5.52 Å². The molecule has 0 aliphatic carbocycles. The molecule has 2 aromatic heterocycles. The molecule has 0 aliphatic heterocycles. The molecule has 0 atom stereocenters. The van der Waals surface area contributed by atoms with Gasteiger partial charge < -0.3 is 15.0 Å². The molecule has 0 aliphatic rings. The van der Waals surface area contributed by atoms with E-state index in [2.05, 4.69) is 21.0 Å². The molecule has 0 saturated heterocycles. The second kappa shape index (κ2) is 5.67. The lowest BCUT2D eigenvalue weighted by Gasteiger charge is -2.07. The maximum absolute atomic E-state index is 6.02. The van der Waals surface area contributed by atoms with Crippen LogP contribution in [0.5, 0.6) is 0 Å². The number of benzene rings is 1. The van der Waals surface area contributed by atoms with Gasteiger partial charge in [-0.25, -0.2) is 4.98 Å². The Bertz CT molecular complexity index is 786. The van der Waals surface area contributed by atoms with Gasteiger partial charge in [0.05, 0.1) is 19.5 Å². The Labute approximate surface area is 126 Å². The van der Waals surface area contributed by atoms with Crippen LogP contribution in [0.3, 0.4) is 0 Å². The predicted molar refractivity (Wildman–Crippen MR) is 81.0 cm³/mol. The summed E-state index contributed by atoms with van der Waals surface area (Å²) in [6, 6.07) is 8.15. The molecule has 1 aromatic carbocycles. The molecule has 0 radical (unpaired) electrons. The number of anilines is 1. The van der Waals surface area contributed by atoms with E-state index in [1.807, 2.05) is 22.8 Å². The third-order valence-electron chi connectivity index (χ3n) is 3.09. The Morgan fingerprint density at radius 2 is 2.10 bits per heavy atom. The van der Waals surface area contributed by atoms with Gasteiger partial charge in [-0.15, -0.1) is 0 Å². The van der Waals surface area contributed by atoms with Crippen LogP contribution >= 0.6 is 11.6 Å². The monoisotopic (exact) mass is 303 g/mol. The highest BCUT2D eigenvalue weighted by Gasteiger charge is 2.11. The SMILES string of the molecule is COCc1cccc(Cn2cnc3c(Cl)nc(N)nc32)c1. The van der Waals surface area contributed by atoms with Crippen LogP contribution < -0.4 is 5.73 Å². The van der Waals surface area contributed by atoms with E-state index in [-0.39, 0.29) is 11.1 Å². The molecule has 7 heteroatoms. The molecule has 0 fully saturated rings. The van der Waals surface area contributed by atoms with Crippen LogP contribution in [0.4, 0.5) is 5.95 Å². The van der Waals surface area contributed by atoms with Crippen molar-refractivity contribution in [2.24, 2.45) is 0 Å². The normalized spacial score (nSPS) is 11.1. The summed E-state index contributed by atoms with van der Waals surface area (Å²) in [6.07, 6.45) is 1.69. The van der Waals surface area contributed by atoms with Crippen LogP contribution in [0.1, 0.15) is 11.1 Å². The van der Waals surface area contributed by atoms with E-state index in [0.29, 0.717) is 24.3 Å². The van der Waals surface area contributed by atoms with Gasteiger partial charge in [0.25, 0.3) is 0 Å². The van der Waals surface area contributed by atoms with Crippen LogP contribution in [0.25, 0.3) is 11.2 Å². The average Bonchev–Trinajstić information content (AvgIpc) is 2.83. The fraction of sp³-hybridized carbons (Fsp3) is 0.214. The van der Waals surface area contributed by atoms with E-state index in [0.717, 1.165) is 11.1 Å². The highest BCUT2D eigenvalue weighted by atomic mass is 35.5. The Morgan fingerprint density at radius 1 is 1.29 bits per heavy atom. The molecule has 0 amide bonds. The first-order valence-electron chi connectivity index (χ1n) is 6.38. The Kier molecular flexibility index (Phi) is 3.72. The molecule has 0 spiro atoms. The van der Waals surface area contributed by atoms with Crippen molar-refractivity contribution in [2.45, 2.75) is 13.2 Å². The lowest BCUT2D eigenvalue weighted by Crippen LogP contribution is -2.02. The van der Waals surface area contributed by atoms with Gasteiger partial charge in [0.2, 0.25) is 5.95 Å². The molecule has 3 rings (SSSR count). The number of imidazole rings is 1. The summed E-state index contributed by atoms with van der Waals surface area (Å²) in [5, 5.41) is 0.268. The van der Waals surface area contributed by atoms with Crippen molar-refractivity contribution in [1.29, 1.82) is 0 Å². The second-order valence-electron chi connectivity index (χ2n) is 4.67. The summed E-state index contributed by atoms with van der Waals surface area (Å²) in [4.78, 5) is 12.3. The van der Waals surface area contributed by atoms with Crippen molar-refractivity contribution in [3.63, 3.8) is 0 Å². The van der Waals surface area contributed by atoms with Gasteiger partial charge in [0, 0.05) is 7.11 Å². The predicted octanol–water partition coefficient (Wildman–Crippen LogP) is 2.26. The first-order chi connectivity index (χ1) is 10.2. The van der Waals surface area contributed by atoms with Crippen LogP contribution in [0, 0.1) is 0 Å². The smallest absolute Gasteiger partial charge is 0.223 e. The van der Waals surface area contributed by atoms with Gasteiger partial charge in [-0.2, -0.15) is 9.97 Å². The first kappa shape index (κ1) is 13.8. The summed E-state index contributed by atoms with van der Waals surface area (Å²) in [5.41, 5.74) is 9.07. The number of ether oxygens (including phenoxy) is 1. The second-order valence-corrected chi connectivity index (χ2v) is 5.03. The van der Waals surface area contributed by atoms with Crippen molar-refractivity contribution in [2.75, 3.05) is 12.8 Å². The zero-order valence-electron chi connectivity index (χ0n) is 11.5. The van der Waals surface area contributed by atoms with Gasteiger partial charge >= 0.3 is 0 Å². The van der Waals surface area contributed by atoms with Crippen LogP contribution in [-0.2, 0) is 17.9 Å². The van der Waals surface area contributed by atoms with Gasteiger partial charge in [0.15, 0.2) is 10.8 Å². The van der Waals surface area contributed by atoms with Crippen molar-refractivity contribution in [3.05, 3.63) is 46.9 Å². The number of rotatable bonds is 4. The zero-order chi connectivity index (χ0) is 14.8. The fourth-order valence-electron chi connectivity index (χ4n) is 2.22. The lowest BCUT2D eigenvalue weighted by molar-refractivity contribution is 0.185. The third kappa shape index (κ3) is 2.81. The standard InChI is InChI=1S/C14H14ClN5O/c1-21-7-10-4-2-3-9(5-10)6-20-8-17-11-12(15)18-14(16)19-13(11)20/h2-5,8H,6-7H2,1H3,(H2,16,18,19). The van der Waals surface area contributed by atoms with Crippen LogP contribution in [0.15, 0.2) is 30.6 Å². The quantitative estimate of drug-likeness (QED) is 0.748. The Morgan fingerprint density at radius 3 is 2.90 bits per heavy atom. The summed E-state index contributed by atoms with van der Waals surface area (Å²) >= 11 is 6.02. The van der Waals surface area contributed by atoms with E-state index in [4.69, 9.17) is 22.1 Å². The number of hydrogen-bond acceptors (Lipinski definition) is 5. The van der Waals surface area contributed by atoms with E-state index in [9.17, 15) is 0 Å². The van der Waals surface area contributed by atoms with Crippen molar-refractivity contribution in [3.8, 4) is 0 Å². The number of fused-ring (bicyclic) bond motifs is 1. The molecule has 0 bridgehead atoms. The summed E-state index contributed by atoms with van der Waals surface area (Å²) < 4.78 is 7.04. The average molecular weight is 304 g/mol. The molecular formula is C14H14ClN5O. The van der Waals surface area contributed by atoms with Crippen LogP contribution in [-0.4, -0.2) is 26.6 Å². The van der Waals surface area contributed by atoms with Gasteiger partial charge in [-0.1, -0.05) is 35.9 Å². The molecule has 6 nitrogen and oxygen atoms in total. The number of hydrogen-bond donors (Lipinski definition) is 1.